The maximum Gasteiger partial charge on any atom is 0.0885 e. The fraction of sp³-hybridized carbons (Fsp3) is 0.500. The van der Waals surface area contributed by atoms with Crippen molar-refractivity contribution in [3.63, 3.8) is 0 Å². The molecule has 0 aliphatic carbocycles. The quantitative estimate of drug-likeness (QED) is 0.578. The molecule has 0 aliphatic heterocycles. The van der Waals surface area contributed by atoms with Crippen molar-refractivity contribution in [2.24, 2.45) is 0 Å². The van der Waals surface area contributed by atoms with Crippen LogP contribution in [0.25, 0.3) is 0 Å². The van der Waals surface area contributed by atoms with Crippen molar-refractivity contribution in [1.82, 2.24) is 0 Å². The zero-order chi connectivity index (χ0) is 12.0. The van der Waals surface area contributed by atoms with Crippen molar-refractivity contribution in [2.75, 3.05) is 13.2 Å². The Morgan fingerprint density at radius 1 is 1.00 bits per heavy atom. The third kappa shape index (κ3) is 3.57. The Balaban J connectivity index is 2.77. The van der Waals surface area contributed by atoms with E-state index < -0.39 is 0 Å². The van der Waals surface area contributed by atoms with Gasteiger partial charge in [-0.15, -0.1) is 0 Å². The Hall–Kier alpha value is -0.940. The second-order valence-corrected chi connectivity index (χ2v) is 4.06. The fourth-order valence-corrected chi connectivity index (χ4v) is 1.59. The predicted octanol–water partition coefficient (Wildman–Crippen LogP) is 2.87. The van der Waals surface area contributed by atoms with E-state index in [-0.39, 0.29) is 25.0 Å². The van der Waals surface area contributed by atoms with Gasteiger partial charge in [0.15, 0.2) is 0 Å². The van der Waals surface area contributed by atoms with E-state index in [1.54, 1.807) is 0 Å². The molecule has 4 nitrogen and oxygen atoms in total. The first-order valence-corrected chi connectivity index (χ1v) is 5.31. The molecule has 0 aliphatic rings. The standard InChI is InChI=1S/C12H18O4/c1-9(7-15-13)11-4-3-5-12(6-11)10(2)8-16-14/h3-6,9-10,13-14H,7-8H2,1-2H3. The molecule has 16 heavy (non-hydrogen) atoms. The smallest absolute Gasteiger partial charge is 0.0885 e. The van der Waals surface area contributed by atoms with Gasteiger partial charge in [0.25, 0.3) is 0 Å². The van der Waals surface area contributed by atoms with Gasteiger partial charge in [-0.3, -0.25) is 10.5 Å². The maximum absolute atomic E-state index is 8.41. The van der Waals surface area contributed by atoms with E-state index in [1.165, 1.54) is 0 Å². The van der Waals surface area contributed by atoms with Gasteiger partial charge < -0.3 is 0 Å². The van der Waals surface area contributed by atoms with Crippen LogP contribution in [0.4, 0.5) is 0 Å². The molecule has 1 rings (SSSR count). The number of benzene rings is 1. The van der Waals surface area contributed by atoms with E-state index in [9.17, 15) is 0 Å². The van der Waals surface area contributed by atoms with Gasteiger partial charge in [-0.05, 0) is 11.1 Å². The molecule has 0 saturated heterocycles. The van der Waals surface area contributed by atoms with Gasteiger partial charge in [-0.2, -0.15) is 0 Å². The lowest BCUT2D eigenvalue weighted by molar-refractivity contribution is -0.245. The van der Waals surface area contributed by atoms with Crippen molar-refractivity contribution in [2.45, 2.75) is 25.7 Å². The maximum atomic E-state index is 8.41. The molecule has 0 aromatic heterocycles. The van der Waals surface area contributed by atoms with Crippen LogP contribution < -0.4 is 0 Å². The zero-order valence-electron chi connectivity index (χ0n) is 9.59. The van der Waals surface area contributed by atoms with Gasteiger partial charge >= 0.3 is 0 Å². The molecule has 0 radical (unpaired) electrons. The highest BCUT2D eigenvalue weighted by Gasteiger charge is 2.10. The van der Waals surface area contributed by atoms with Crippen molar-refractivity contribution in [3.05, 3.63) is 35.4 Å². The summed E-state index contributed by atoms with van der Waals surface area (Å²) in [5, 5.41) is 16.8. The average molecular weight is 226 g/mol. The summed E-state index contributed by atoms with van der Waals surface area (Å²) in [6.07, 6.45) is 0. The molecule has 0 amide bonds. The van der Waals surface area contributed by atoms with Gasteiger partial charge in [-0.1, -0.05) is 38.1 Å². The molecule has 2 N–H and O–H groups in total. The molecular weight excluding hydrogens is 208 g/mol. The number of rotatable bonds is 6. The van der Waals surface area contributed by atoms with Gasteiger partial charge in [0.05, 0.1) is 13.2 Å². The SMILES string of the molecule is CC(COO)c1cccc(C(C)COO)c1. The van der Waals surface area contributed by atoms with Crippen LogP contribution in [0.3, 0.4) is 0 Å². The summed E-state index contributed by atoms with van der Waals surface area (Å²) >= 11 is 0. The normalized spacial score (nSPS) is 14.8. The minimum absolute atomic E-state index is 0.132. The lowest BCUT2D eigenvalue weighted by atomic mass is 9.95. The van der Waals surface area contributed by atoms with Crippen LogP contribution in [0.5, 0.6) is 0 Å². The average Bonchev–Trinajstić information content (AvgIpc) is 2.30. The first-order valence-electron chi connectivity index (χ1n) is 5.31. The molecule has 0 fully saturated rings. The van der Waals surface area contributed by atoms with Crippen molar-refractivity contribution in [3.8, 4) is 0 Å². The molecular formula is C12H18O4. The predicted molar refractivity (Wildman–Crippen MR) is 60.4 cm³/mol. The van der Waals surface area contributed by atoms with E-state index in [4.69, 9.17) is 10.5 Å². The van der Waals surface area contributed by atoms with Gasteiger partial charge in [0.2, 0.25) is 0 Å². The minimum atomic E-state index is 0.132. The number of hydrogen-bond donors (Lipinski definition) is 2. The van der Waals surface area contributed by atoms with E-state index in [0.29, 0.717) is 0 Å². The lowest BCUT2D eigenvalue weighted by Gasteiger charge is -2.14. The lowest BCUT2D eigenvalue weighted by Crippen LogP contribution is -2.05. The Kier molecular flexibility index (Phi) is 5.42. The van der Waals surface area contributed by atoms with Crippen LogP contribution in [0, 0.1) is 0 Å². The molecule has 0 saturated carbocycles. The monoisotopic (exact) mass is 226 g/mol. The van der Waals surface area contributed by atoms with Gasteiger partial charge in [-0.25, -0.2) is 9.78 Å². The molecule has 0 spiro atoms. The second kappa shape index (κ2) is 6.60. The minimum Gasteiger partial charge on any atom is -0.252 e. The Bertz CT molecular complexity index is 286. The summed E-state index contributed by atoms with van der Waals surface area (Å²) in [5.74, 6) is 0.263. The first kappa shape index (κ1) is 13.1. The largest absolute Gasteiger partial charge is 0.252 e. The molecule has 2 atom stereocenters. The van der Waals surface area contributed by atoms with Crippen LogP contribution in [0.2, 0.25) is 0 Å². The van der Waals surface area contributed by atoms with Gasteiger partial charge in [0.1, 0.15) is 0 Å². The summed E-state index contributed by atoms with van der Waals surface area (Å²) in [6, 6.07) is 7.96. The molecule has 1 aromatic rings. The zero-order valence-corrected chi connectivity index (χ0v) is 9.59. The second-order valence-electron chi connectivity index (χ2n) is 4.06. The van der Waals surface area contributed by atoms with E-state index >= 15 is 0 Å². The Labute approximate surface area is 95.3 Å². The summed E-state index contributed by atoms with van der Waals surface area (Å²) < 4.78 is 0. The summed E-state index contributed by atoms with van der Waals surface area (Å²) in [5.41, 5.74) is 2.19. The molecule has 1 aromatic carbocycles. The summed E-state index contributed by atoms with van der Waals surface area (Å²) in [4.78, 5) is 8.28. The highest BCUT2D eigenvalue weighted by atomic mass is 17.1. The fourth-order valence-electron chi connectivity index (χ4n) is 1.59. The van der Waals surface area contributed by atoms with Crippen LogP contribution in [0.15, 0.2) is 24.3 Å². The van der Waals surface area contributed by atoms with E-state index in [1.807, 2.05) is 38.1 Å². The van der Waals surface area contributed by atoms with Crippen LogP contribution in [-0.2, 0) is 9.78 Å². The molecule has 0 bridgehead atoms. The van der Waals surface area contributed by atoms with Crippen molar-refractivity contribution < 1.29 is 20.3 Å². The van der Waals surface area contributed by atoms with Crippen LogP contribution >= 0.6 is 0 Å². The Morgan fingerprint density at radius 2 is 1.44 bits per heavy atom. The third-order valence-electron chi connectivity index (χ3n) is 2.70. The topological polar surface area (TPSA) is 58.9 Å². The molecule has 4 heteroatoms. The molecule has 0 heterocycles. The highest BCUT2D eigenvalue weighted by molar-refractivity contribution is 5.28. The van der Waals surface area contributed by atoms with E-state index in [2.05, 4.69) is 9.78 Å². The van der Waals surface area contributed by atoms with E-state index in [0.717, 1.165) is 11.1 Å². The highest BCUT2D eigenvalue weighted by Crippen LogP contribution is 2.21. The Morgan fingerprint density at radius 3 is 1.81 bits per heavy atom. The molecule has 2 unspecified atom stereocenters. The number of hydrogen-bond acceptors (Lipinski definition) is 4. The van der Waals surface area contributed by atoms with Crippen LogP contribution in [-0.4, -0.2) is 23.7 Å². The molecule has 90 valence electrons. The van der Waals surface area contributed by atoms with Crippen molar-refractivity contribution in [1.29, 1.82) is 0 Å². The summed E-state index contributed by atoms with van der Waals surface area (Å²) in [7, 11) is 0. The summed E-state index contributed by atoms with van der Waals surface area (Å²) in [6.45, 7) is 4.49. The first-order chi connectivity index (χ1) is 7.69. The van der Waals surface area contributed by atoms with Crippen LogP contribution in [0.1, 0.15) is 36.8 Å². The van der Waals surface area contributed by atoms with Gasteiger partial charge in [0, 0.05) is 11.8 Å². The van der Waals surface area contributed by atoms with Crippen molar-refractivity contribution >= 4 is 0 Å². The third-order valence-corrected chi connectivity index (χ3v) is 2.70.